The first-order valence-corrected chi connectivity index (χ1v) is 16.4. The number of rotatable bonds is 11. The number of carbonyl (C=O) groups is 1. The summed E-state index contributed by atoms with van der Waals surface area (Å²) in [5.41, 5.74) is 2.60. The van der Waals surface area contributed by atoms with Crippen LogP contribution in [0.15, 0.2) is 60.7 Å². The molecule has 0 radical (unpaired) electrons. The van der Waals surface area contributed by atoms with Gasteiger partial charge in [0.1, 0.15) is 17.3 Å². The molecule has 0 spiro atoms. The number of hydrogen-bond acceptors (Lipinski definition) is 5. The van der Waals surface area contributed by atoms with Crippen LogP contribution in [0.4, 0.5) is 4.39 Å². The van der Waals surface area contributed by atoms with E-state index in [1.54, 1.807) is 6.07 Å². The second-order valence-corrected chi connectivity index (χ2v) is 15.2. The number of sulfone groups is 1. The molecule has 0 bridgehead atoms. The van der Waals surface area contributed by atoms with Crippen LogP contribution in [0.1, 0.15) is 71.6 Å². The van der Waals surface area contributed by atoms with Crippen molar-refractivity contribution in [3.05, 3.63) is 98.8 Å². The molecule has 2 saturated carbocycles. The SMILES string of the molecule is CC1(COc2cc(F)c(C(=O)CS(=O)(=O)C3CC3)cc2C2CC2)CN(C(c2ccccc2)c2cc(Cl)cc(Cl)c2)C1. The lowest BCUT2D eigenvalue weighted by molar-refractivity contribution is -0.0379. The molecule has 1 saturated heterocycles. The van der Waals surface area contributed by atoms with E-state index < -0.39 is 32.4 Å². The Morgan fingerprint density at radius 3 is 2.27 bits per heavy atom. The van der Waals surface area contributed by atoms with Gasteiger partial charge in [-0.15, -0.1) is 0 Å². The number of likely N-dealkylation sites (tertiary alicyclic amines) is 1. The summed E-state index contributed by atoms with van der Waals surface area (Å²) >= 11 is 12.7. The monoisotopic (exact) mass is 615 g/mol. The predicted molar refractivity (Wildman–Crippen MR) is 159 cm³/mol. The molecule has 41 heavy (non-hydrogen) atoms. The summed E-state index contributed by atoms with van der Waals surface area (Å²) < 4.78 is 46.1. The molecule has 6 rings (SSSR count). The molecule has 1 unspecified atom stereocenters. The van der Waals surface area contributed by atoms with Gasteiger partial charge >= 0.3 is 0 Å². The Morgan fingerprint density at radius 2 is 1.66 bits per heavy atom. The van der Waals surface area contributed by atoms with E-state index in [1.807, 2.05) is 30.3 Å². The minimum atomic E-state index is -3.53. The molecule has 9 heteroatoms. The van der Waals surface area contributed by atoms with Gasteiger partial charge in [-0.2, -0.15) is 0 Å². The third kappa shape index (κ3) is 6.34. The Hall–Kier alpha value is -2.45. The van der Waals surface area contributed by atoms with E-state index >= 15 is 4.39 Å². The Kier molecular flexibility index (Phi) is 7.68. The van der Waals surface area contributed by atoms with E-state index in [0.717, 1.165) is 42.6 Å². The summed E-state index contributed by atoms with van der Waals surface area (Å²) in [5.74, 6) is -1.43. The third-order valence-electron chi connectivity index (χ3n) is 8.21. The highest BCUT2D eigenvalue weighted by Crippen LogP contribution is 2.47. The zero-order chi connectivity index (χ0) is 28.9. The van der Waals surface area contributed by atoms with E-state index in [1.165, 1.54) is 12.1 Å². The first-order valence-electron chi connectivity index (χ1n) is 14.0. The van der Waals surface area contributed by atoms with Crippen molar-refractivity contribution in [3.63, 3.8) is 0 Å². The number of halogens is 3. The molecule has 0 amide bonds. The zero-order valence-corrected chi connectivity index (χ0v) is 25.1. The van der Waals surface area contributed by atoms with Crippen LogP contribution >= 0.6 is 23.2 Å². The van der Waals surface area contributed by atoms with Gasteiger partial charge in [0.2, 0.25) is 0 Å². The van der Waals surface area contributed by atoms with Crippen LogP contribution in [0.2, 0.25) is 10.0 Å². The molecule has 1 atom stereocenters. The summed E-state index contributed by atoms with van der Waals surface area (Å²) in [7, 11) is -3.53. The van der Waals surface area contributed by atoms with E-state index in [9.17, 15) is 13.2 Å². The molecule has 216 valence electrons. The number of ketones is 1. The Balaban J connectivity index is 1.17. The Labute approximate surface area is 250 Å². The summed E-state index contributed by atoms with van der Waals surface area (Å²) in [5, 5.41) is 0.712. The second kappa shape index (κ2) is 11.0. The number of nitrogens with zero attached hydrogens (tertiary/aromatic N) is 1. The quantitative estimate of drug-likeness (QED) is 0.212. The van der Waals surface area contributed by atoms with Gasteiger partial charge in [-0.05, 0) is 72.6 Å². The lowest BCUT2D eigenvalue weighted by atomic mass is 9.79. The van der Waals surface area contributed by atoms with Crippen molar-refractivity contribution in [1.29, 1.82) is 0 Å². The average Bonchev–Trinajstić information content (AvgIpc) is 3.79. The molecule has 5 nitrogen and oxygen atoms in total. The molecule has 3 fully saturated rings. The lowest BCUT2D eigenvalue weighted by Gasteiger charge is -2.51. The van der Waals surface area contributed by atoms with Gasteiger partial charge in [-0.1, -0.05) is 60.5 Å². The maximum atomic E-state index is 15.2. The standard InChI is InChI=1S/C32H32Cl2FNO4S/c1-32(17-36(18-32)31(21-5-3-2-4-6-21)22-11-23(33)13-24(34)12-22)19-40-30-15-28(35)27(14-26(30)20-7-8-20)29(37)16-41(38,39)25-9-10-25/h2-6,11-15,20,25,31H,7-10,16-19H2,1H3. The number of Topliss-reactive ketones (excluding diaryl/α,β-unsaturated/α-hetero) is 1. The molecule has 2 aliphatic carbocycles. The molecular weight excluding hydrogens is 584 g/mol. The molecule has 3 aromatic rings. The first kappa shape index (κ1) is 28.7. The summed E-state index contributed by atoms with van der Waals surface area (Å²) in [6.45, 7) is 4.01. The minimum Gasteiger partial charge on any atom is -0.493 e. The largest absolute Gasteiger partial charge is 0.493 e. The van der Waals surface area contributed by atoms with E-state index in [4.69, 9.17) is 27.9 Å². The van der Waals surface area contributed by atoms with Crippen LogP contribution in [0.3, 0.4) is 0 Å². The minimum absolute atomic E-state index is 0.0304. The van der Waals surface area contributed by atoms with Crippen LogP contribution in [0.5, 0.6) is 5.75 Å². The number of hydrogen-bond donors (Lipinski definition) is 0. The van der Waals surface area contributed by atoms with Crippen molar-refractivity contribution in [2.75, 3.05) is 25.4 Å². The lowest BCUT2D eigenvalue weighted by Crippen LogP contribution is -2.58. The molecule has 1 aliphatic heterocycles. The number of ether oxygens (including phenoxy) is 1. The van der Waals surface area contributed by atoms with Gasteiger partial charge in [-0.3, -0.25) is 9.69 Å². The maximum absolute atomic E-state index is 15.2. The smallest absolute Gasteiger partial charge is 0.180 e. The van der Waals surface area contributed by atoms with Crippen LogP contribution in [-0.4, -0.2) is 49.8 Å². The Morgan fingerprint density at radius 1 is 1.00 bits per heavy atom. The summed E-state index contributed by atoms with van der Waals surface area (Å²) in [4.78, 5) is 15.1. The molecule has 3 aromatic carbocycles. The van der Waals surface area contributed by atoms with Crippen molar-refractivity contribution in [3.8, 4) is 5.75 Å². The third-order valence-corrected chi connectivity index (χ3v) is 10.8. The molecule has 3 aliphatic rings. The van der Waals surface area contributed by atoms with Crippen LogP contribution in [0.25, 0.3) is 0 Å². The highest BCUT2D eigenvalue weighted by atomic mass is 35.5. The molecule has 0 aromatic heterocycles. The fraction of sp³-hybridized carbons (Fsp3) is 0.406. The zero-order valence-electron chi connectivity index (χ0n) is 22.8. The van der Waals surface area contributed by atoms with E-state index in [2.05, 4.69) is 24.0 Å². The van der Waals surface area contributed by atoms with Gasteiger partial charge in [0.25, 0.3) is 0 Å². The molecule has 0 N–H and O–H groups in total. The van der Waals surface area contributed by atoms with Crippen molar-refractivity contribution < 1.29 is 22.3 Å². The van der Waals surface area contributed by atoms with Gasteiger partial charge in [0.05, 0.1) is 23.5 Å². The average molecular weight is 617 g/mol. The van der Waals surface area contributed by atoms with Crippen molar-refractivity contribution in [2.24, 2.45) is 5.41 Å². The van der Waals surface area contributed by atoms with Gasteiger partial charge in [0, 0.05) is 34.6 Å². The van der Waals surface area contributed by atoms with Crippen molar-refractivity contribution >= 4 is 38.8 Å². The fourth-order valence-corrected chi connectivity index (χ4v) is 8.03. The van der Waals surface area contributed by atoms with Crippen LogP contribution in [-0.2, 0) is 9.84 Å². The second-order valence-electron chi connectivity index (χ2n) is 12.1. The summed E-state index contributed by atoms with van der Waals surface area (Å²) in [6.07, 6.45) is 3.02. The topological polar surface area (TPSA) is 63.7 Å². The molecular formula is C32H32Cl2FNO4S. The van der Waals surface area contributed by atoms with Crippen LogP contribution < -0.4 is 4.74 Å². The molecule has 1 heterocycles. The number of benzene rings is 3. The van der Waals surface area contributed by atoms with Gasteiger partial charge in [0.15, 0.2) is 15.6 Å². The van der Waals surface area contributed by atoms with E-state index in [-0.39, 0.29) is 22.9 Å². The van der Waals surface area contributed by atoms with Crippen molar-refractivity contribution in [2.45, 2.75) is 49.8 Å². The number of carbonyl (C=O) groups excluding carboxylic acids is 1. The van der Waals surface area contributed by atoms with Gasteiger partial charge in [-0.25, -0.2) is 12.8 Å². The summed E-state index contributed by atoms with van der Waals surface area (Å²) in [6, 6.07) is 18.6. The van der Waals surface area contributed by atoms with Crippen LogP contribution in [0, 0.1) is 11.2 Å². The van der Waals surface area contributed by atoms with Gasteiger partial charge < -0.3 is 4.74 Å². The van der Waals surface area contributed by atoms with Crippen molar-refractivity contribution in [1.82, 2.24) is 4.90 Å². The van der Waals surface area contributed by atoms with E-state index in [0.29, 0.717) is 35.2 Å². The highest BCUT2D eigenvalue weighted by Gasteiger charge is 2.44. The predicted octanol–water partition coefficient (Wildman–Crippen LogP) is 7.26. The Bertz CT molecular complexity index is 1560. The maximum Gasteiger partial charge on any atom is 0.180 e. The normalized spacial score (nSPS) is 19.4. The first-order chi connectivity index (χ1) is 19.5. The highest BCUT2D eigenvalue weighted by molar-refractivity contribution is 7.93. The fourth-order valence-electron chi connectivity index (χ4n) is 5.87.